The summed E-state index contributed by atoms with van der Waals surface area (Å²) in [6.07, 6.45) is 0. The van der Waals surface area contributed by atoms with Crippen molar-refractivity contribution in [1.29, 1.82) is 0 Å². The van der Waals surface area contributed by atoms with Gasteiger partial charge in [-0.3, -0.25) is 0 Å². The number of carboxylic acids is 1. The van der Waals surface area contributed by atoms with E-state index in [4.69, 9.17) is 27.2 Å². The van der Waals surface area contributed by atoms with Gasteiger partial charge in [-0.1, -0.05) is 11.6 Å². The van der Waals surface area contributed by atoms with Crippen molar-refractivity contribution in [2.24, 2.45) is 0 Å². The summed E-state index contributed by atoms with van der Waals surface area (Å²) in [5, 5.41) is 8.84. The molecule has 14 heavy (non-hydrogen) atoms. The number of carboxylic acid groups (broad SMARTS) is 1. The zero-order valence-electron chi connectivity index (χ0n) is 7.58. The highest BCUT2D eigenvalue weighted by atomic mass is 35.5. The maximum absolute atomic E-state index is 10.3. The highest BCUT2D eigenvalue weighted by molar-refractivity contribution is 6.33. The van der Waals surface area contributed by atoms with Gasteiger partial charge in [-0.05, 0) is 18.6 Å². The quantitative estimate of drug-likeness (QED) is 0.753. The summed E-state index contributed by atoms with van der Waals surface area (Å²) < 4.78 is 5.00. The van der Waals surface area contributed by atoms with E-state index < -0.39 is 5.97 Å². The van der Waals surface area contributed by atoms with E-state index in [-0.39, 0.29) is 6.61 Å². The molecule has 0 aromatic heterocycles. The van der Waals surface area contributed by atoms with Gasteiger partial charge < -0.3 is 15.6 Å². The summed E-state index contributed by atoms with van der Waals surface area (Å²) in [4.78, 5) is 10.3. The van der Waals surface area contributed by atoms with Crippen molar-refractivity contribution in [3.05, 3.63) is 22.7 Å². The van der Waals surface area contributed by atoms with E-state index in [9.17, 15) is 4.79 Å². The lowest BCUT2D eigenvalue weighted by Gasteiger charge is -2.08. The third-order valence-corrected chi connectivity index (χ3v) is 1.97. The Morgan fingerprint density at radius 2 is 2.29 bits per heavy atom. The molecule has 0 saturated carbocycles. The minimum atomic E-state index is -1.03. The smallest absolute Gasteiger partial charge is 0.341 e. The molecule has 0 unspecified atom stereocenters. The van der Waals surface area contributed by atoms with Crippen molar-refractivity contribution >= 4 is 23.3 Å². The van der Waals surface area contributed by atoms with Crippen molar-refractivity contribution in [2.75, 3.05) is 12.3 Å². The molecule has 0 atom stereocenters. The third kappa shape index (κ3) is 2.53. The number of hydrogen-bond donors (Lipinski definition) is 2. The molecule has 1 aromatic carbocycles. The van der Waals surface area contributed by atoms with Crippen LogP contribution in [0.5, 0.6) is 5.75 Å². The number of nitrogen functional groups attached to an aromatic ring is 1. The van der Waals surface area contributed by atoms with Gasteiger partial charge in [-0.15, -0.1) is 0 Å². The van der Waals surface area contributed by atoms with Gasteiger partial charge >= 0.3 is 5.97 Å². The van der Waals surface area contributed by atoms with Gasteiger partial charge in [0.15, 0.2) is 6.61 Å². The second kappa shape index (κ2) is 4.19. The average Bonchev–Trinajstić information content (AvgIpc) is 2.09. The predicted molar refractivity (Wildman–Crippen MR) is 53.7 cm³/mol. The van der Waals surface area contributed by atoms with Crippen molar-refractivity contribution in [2.45, 2.75) is 6.92 Å². The van der Waals surface area contributed by atoms with Crippen LogP contribution in [0.2, 0.25) is 5.02 Å². The highest BCUT2D eigenvalue weighted by Crippen LogP contribution is 2.28. The maximum atomic E-state index is 10.3. The number of halogens is 1. The van der Waals surface area contributed by atoms with Crippen LogP contribution in [0.3, 0.4) is 0 Å². The molecular formula is C9H10ClNO3. The van der Waals surface area contributed by atoms with Gasteiger partial charge in [0, 0.05) is 6.07 Å². The average molecular weight is 216 g/mol. The number of benzene rings is 1. The first-order valence-electron chi connectivity index (χ1n) is 3.91. The van der Waals surface area contributed by atoms with E-state index in [1.165, 1.54) is 6.07 Å². The van der Waals surface area contributed by atoms with Gasteiger partial charge in [0.05, 0.1) is 10.7 Å². The Bertz CT molecular complexity index is 365. The summed E-state index contributed by atoms with van der Waals surface area (Å²) in [7, 11) is 0. The van der Waals surface area contributed by atoms with Crippen LogP contribution in [-0.4, -0.2) is 17.7 Å². The molecule has 0 aliphatic carbocycles. The molecule has 0 saturated heterocycles. The number of ether oxygens (including phenoxy) is 1. The number of aliphatic carboxylic acids is 1. The Morgan fingerprint density at radius 1 is 1.64 bits per heavy atom. The Balaban J connectivity index is 2.87. The van der Waals surface area contributed by atoms with Crippen LogP contribution in [0.25, 0.3) is 0 Å². The molecule has 1 aromatic rings. The normalized spacial score (nSPS) is 9.86. The largest absolute Gasteiger partial charge is 0.482 e. The first kappa shape index (κ1) is 10.7. The summed E-state index contributed by atoms with van der Waals surface area (Å²) in [5.41, 5.74) is 6.66. The second-order valence-corrected chi connectivity index (χ2v) is 3.23. The van der Waals surface area contributed by atoms with Crippen molar-refractivity contribution < 1.29 is 14.6 Å². The van der Waals surface area contributed by atoms with Crippen LogP contribution in [0.4, 0.5) is 5.69 Å². The van der Waals surface area contributed by atoms with Gasteiger partial charge in [-0.2, -0.15) is 0 Å². The first-order valence-corrected chi connectivity index (χ1v) is 4.28. The predicted octanol–water partition coefficient (Wildman–Crippen LogP) is 1.69. The molecule has 5 heteroatoms. The van der Waals surface area contributed by atoms with Crippen LogP contribution in [0.15, 0.2) is 12.1 Å². The summed E-state index contributed by atoms with van der Waals surface area (Å²) in [6, 6.07) is 3.15. The van der Waals surface area contributed by atoms with E-state index in [0.717, 1.165) is 5.56 Å². The highest BCUT2D eigenvalue weighted by Gasteiger charge is 2.06. The fourth-order valence-electron chi connectivity index (χ4n) is 0.964. The van der Waals surface area contributed by atoms with Crippen LogP contribution in [-0.2, 0) is 4.79 Å². The van der Waals surface area contributed by atoms with Crippen LogP contribution in [0, 0.1) is 6.92 Å². The van der Waals surface area contributed by atoms with E-state index in [1.807, 2.05) is 0 Å². The van der Waals surface area contributed by atoms with Gasteiger partial charge in [-0.25, -0.2) is 4.79 Å². The molecule has 0 bridgehead atoms. The summed E-state index contributed by atoms with van der Waals surface area (Å²) >= 11 is 5.75. The summed E-state index contributed by atoms with van der Waals surface area (Å²) in [5.74, 6) is -0.591. The Hall–Kier alpha value is -1.42. The maximum Gasteiger partial charge on any atom is 0.341 e. The Morgan fingerprint density at radius 3 is 2.86 bits per heavy atom. The zero-order chi connectivity index (χ0) is 10.7. The lowest BCUT2D eigenvalue weighted by Crippen LogP contribution is -2.10. The SMILES string of the molecule is Cc1cc(Cl)c(N)cc1OCC(=O)O. The zero-order valence-corrected chi connectivity index (χ0v) is 8.34. The number of nitrogens with two attached hydrogens (primary N) is 1. The van der Waals surface area contributed by atoms with E-state index in [2.05, 4.69) is 0 Å². The van der Waals surface area contributed by atoms with E-state index >= 15 is 0 Å². The number of hydrogen-bond acceptors (Lipinski definition) is 3. The topological polar surface area (TPSA) is 72.5 Å². The molecule has 0 spiro atoms. The molecule has 0 aliphatic heterocycles. The Labute approximate surface area is 86.2 Å². The third-order valence-electron chi connectivity index (χ3n) is 1.65. The van der Waals surface area contributed by atoms with Crippen molar-refractivity contribution in [3.8, 4) is 5.75 Å². The van der Waals surface area contributed by atoms with Gasteiger partial charge in [0.25, 0.3) is 0 Å². The van der Waals surface area contributed by atoms with Gasteiger partial charge in [0.2, 0.25) is 0 Å². The fourth-order valence-corrected chi connectivity index (χ4v) is 1.18. The lowest BCUT2D eigenvalue weighted by atomic mass is 10.2. The molecular weight excluding hydrogens is 206 g/mol. The minimum absolute atomic E-state index is 0.373. The number of aryl methyl sites for hydroxylation is 1. The van der Waals surface area contributed by atoms with Crippen LogP contribution >= 0.6 is 11.6 Å². The first-order chi connectivity index (χ1) is 6.50. The van der Waals surface area contributed by atoms with Crippen molar-refractivity contribution in [3.63, 3.8) is 0 Å². The number of anilines is 1. The standard InChI is InChI=1S/C9H10ClNO3/c1-5-2-6(10)7(11)3-8(5)14-4-9(12)13/h2-3H,4,11H2,1H3,(H,12,13). The molecule has 0 heterocycles. The molecule has 0 fully saturated rings. The van der Waals surface area contributed by atoms with E-state index in [1.54, 1.807) is 13.0 Å². The molecule has 3 N–H and O–H groups in total. The lowest BCUT2D eigenvalue weighted by molar-refractivity contribution is -0.139. The van der Waals surface area contributed by atoms with Crippen LogP contribution < -0.4 is 10.5 Å². The summed E-state index contributed by atoms with van der Waals surface area (Å²) in [6.45, 7) is 1.38. The number of rotatable bonds is 3. The molecule has 76 valence electrons. The molecule has 1 rings (SSSR count). The molecule has 4 nitrogen and oxygen atoms in total. The fraction of sp³-hybridized carbons (Fsp3) is 0.222. The number of carbonyl (C=O) groups is 1. The second-order valence-electron chi connectivity index (χ2n) is 2.82. The Kier molecular flexibility index (Phi) is 3.19. The molecule has 0 radical (unpaired) electrons. The van der Waals surface area contributed by atoms with Crippen molar-refractivity contribution in [1.82, 2.24) is 0 Å². The molecule has 0 amide bonds. The van der Waals surface area contributed by atoms with Gasteiger partial charge in [0.1, 0.15) is 5.75 Å². The molecule has 0 aliphatic rings. The monoisotopic (exact) mass is 215 g/mol. The van der Waals surface area contributed by atoms with E-state index in [0.29, 0.717) is 16.5 Å². The minimum Gasteiger partial charge on any atom is -0.482 e. The van der Waals surface area contributed by atoms with Crippen LogP contribution in [0.1, 0.15) is 5.56 Å².